The first-order chi connectivity index (χ1) is 13.5. The Morgan fingerprint density at radius 2 is 2.07 bits per heavy atom. The van der Waals surface area contributed by atoms with E-state index in [9.17, 15) is 4.79 Å². The summed E-state index contributed by atoms with van der Waals surface area (Å²) in [5, 5.41) is 4.79. The number of carbonyl (C=O) groups excluding carboxylic acids is 1. The van der Waals surface area contributed by atoms with Gasteiger partial charge in [0.05, 0.1) is 23.4 Å². The van der Waals surface area contributed by atoms with Gasteiger partial charge < -0.3 is 13.9 Å². The third kappa shape index (κ3) is 4.92. The molecule has 1 amide bonds. The molecule has 0 unspecified atom stereocenters. The van der Waals surface area contributed by atoms with Crippen LogP contribution in [0.25, 0.3) is 11.0 Å². The van der Waals surface area contributed by atoms with Gasteiger partial charge in [-0.25, -0.2) is 5.43 Å². The normalized spacial score (nSPS) is 11.3. The molecular weight excluding hydrogens is 424 g/mol. The number of hydrazone groups is 1. The second kappa shape index (κ2) is 8.93. The van der Waals surface area contributed by atoms with Gasteiger partial charge in [0.2, 0.25) is 0 Å². The van der Waals surface area contributed by atoms with E-state index in [1.165, 1.54) is 0 Å². The zero-order valence-electron chi connectivity index (χ0n) is 15.9. The number of ether oxygens (including phenoxy) is 2. The second-order valence-corrected chi connectivity index (χ2v) is 7.15. The van der Waals surface area contributed by atoms with Crippen molar-refractivity contribution in [2.45, 2.75) is 26.9 Å². The van der Waals surface area contributed by atoms with Gasteiger partial charge in [0.15, 0.2) is 5.76 Å². The van der Waals surface area contributed by atoms with Crippen molar-refractivity contribution in [1.82, 2.24) is 5.43 Å². The van der Waals surface area contributed by atoms with Crippen LogP contribution in [0.2, 0.25) is 0 Å². The van der Waals surface area contributed by atoms with Crippen LogP contribution in [0.3, 0.4) is 0 Å². The quantitative estimate of drug-likeness (QED) is 0.404. The van der Waals surface area contributed by atoms with Crippen LogP contribution in [-0.2, 0) is 0 Å². The van der Waals surface area contributed by atoms with Crippen LogP contribution in [0, 0.1) is 0 Å². The van der Waals surface area contributed by atoms with Crippen LogP contribution in [0.5, 0.6) is 11.5 Å². The molecule has 28 heavy (non-hydrogen) atoms. The first kappa shape index (κ1) is 19.9. The summed E-state index contributed by atoms with van der Waals surface area (Å²) in [5.74, 6) is 1.24. The highest BCUT2D eigenvalue weighted by Gasteiger charge is 2.12. The lowest BCUT2D eigenvalue weighted by atomic mass is 10.2. The molecule has 0 spiro atoms. The van der Waals surface area contributed by atoms with Crippen molar-refractivity contribution in [2.24, 2.45) is 5.10 Å². The third-order valence-electron chi connectivity index (χ3n) is 3.72. The number of carbonyl (C=O) groups is 1. The van der Waals surface area contributed by atoms with E-state index in [1.54, 1.807) is 24.4 Å². The number of hydrogen-bond acceptors (Lipinski definition) is 5. The van der Waals surface area contributed by atoms with Crippen LogP contribution in [-0.4, -0.2) is 24.8 Å². The van der Waals surface area contributed by atoms with Crippen molar-refractivity contribution < 1.29 is 18.7 Å². The molecule has 3 aromatic rings. The minimum absolute atomic E-state index is 0.0866. The molecule has 0 aliphatic carbocycles. The Morgan fingerprint density at radius 1 is 1.25 bits per heavy atom. The van der Waals surface area contributed by atoms with Gasteiger partial charge in [-0.15, -0.1) is 0 Å². The van der Waals surface area contributed by atoms with E-state index in [-0.39, 0.29) is 11.9 Å². The molecule has 6 nitrogen and oxygen atoms in total. The van der Waals surface area contributed by atoms with Crippen molar-refractivity contribution in [3.63, 3.8) is 0 Å². The van der Waals surface area contributed by atoms with Crippen LogP contribution >= 0.6 is 15.9 Å². The molecule has 1 N–H and O–H groups in total. The van der Waals surface area contributed by atoms with E-state index in [1.807, 2.05) is 45.0 Å². The molecule has 7 heteroatoms. The fraction of sp³-hybridized carbons (Fsp3) is 0.238. The number of rotatable bonds is 7. The summed E-state index contributed by atoms with van der Waals surface area (Å²) < 4.78 is 17.5. The van der Waals surface area contributed by atoms with Crippen molar-refractivity contribution >= 4 is 39.0 Å². The zero-order chi connectivity index (χ0) is 20.1. The number of hydrogen-bond donors (Lipinski definition) is 1. The Balaban J connectivity index is 1.66. The Labute approximate surface area is 171 Å². The minimum Gasteiger partial charge on any atom is -0.494 e. The Morgan fingerprint density at radius 3 is 2.79 bits per heavy atom. The van der Waals surface area contributed by atoms with Crippen molar-refractivity contribution in [3.05, 3.63) is 58.3 Å². The topological polar surface area (TPSA) is 73.1 Å². The highest BCUT2D eigenvalue weighted by atomic mass is 79.9. The molecular formula is C21H21BrN2O4. The van der Waals surface area contributed by atoms with Crippen molar-refractivity contribution in [3.8, 4) is 11.5 Å². The number of benzene rings is 2. The molecule has 0 bridgehead atoms. The molecule has 3 rings (SSSR count). The Hall–Kier alpha value is -2.80. The molecule has 0 fully saturated rings. The molecule has 1 heterocycles. The van der Waals surface area contributed by atoms with E-state index in [4.69, 9.17) is 13.9 Å². The SMILES string of the molecule is CCOc1ccc2oc(C(=O)N/N=C/c3ccc(OC(C)C)c(Br)c3)cc2c1. The van der Waals surface area contributed by atoms with E-state index in [0.717, 1.165) is 26.9 Å². The van der Waals surface area contributed by atoms with Crippen LogP contribution in [0.4, 0.5) is 0 Å². The van der Waals surface area contributed by atoms with Crippen LogP contribution in [0.1, 0.15) is 36.9 Å². The average Bonchev–Trinajstić information content (AvgIpc) is 3.07. The zero-order valence-corrected chi connectivity index (χ0v) is 17.4. The molecule has 0 radical (unpaired) electrons. The number of nitrogens with one attached hydrogen (secondary N) is 1. The molecule has 0 aliphatic rings. The number of furan rings is 1. The minimum atomic E-state index is -0.427. The fourth-order valence-corrected chi connectivity index (χ4v) is 3.05. The molecule has 2 aromatic carbocycles. The van der Waals surface area contributed by atoms with Gasteiger partial charge in [-0.1, -0.05) is 0 Å². The number of nitrogens with zero attached hydrogens (tertiary/aromatic N) is 1. The van der Waals surface area contributed by atoms with E-state index < -0.39 is 5.91 Å². The number of amides is 1. The summed E-state index contributed by atoms with van der Waals surface area (Å²) in [6, 6.07) is 12.7. The van der Waals surface area contributed by atoms with Crippen molar-refractivity contribution in [2.75, 3.05) is 6.61 Å². The van der Waals surface area contributed by atoms with E-state index >= 15 is 0 Å². The molecule has 0 saturated carbocycles. The fourth-order valence-electron chi connectivity index (χ4n) is 2.56. The van der Waals surface area contributed by atoms with E-state index in [2.05, 4.69) is 26.5 Å². The summed E-state index contributed by atoms with van der Waals surface area (Å²) >= 11 is 3.47. The van der Waals surface area contributed by atoms with Gasteiger partial charge in [0.1, 0.15) is 17.1 Å². The summed E-state index contributed by atoms with van der Waals surface area (Å²) in [7, 11) is 0. The number of halogens is 1. The highest BCUT2D eigenvalue weighted by Crippen LogP contribution is 2.26. The highest BCUT2D eigenvalue weighted by molar-refractivity contribution is 9.10. The van der Waals surface area contributed by atoms with Gasteiger partial charge in [0.25, 0.3) is 0 Å². The Bertz CT molecular complexity index is 1010. The van der Waals surface area contributed by atoms with Gasteiger partial charge >= 0.3 is 5.91 Å². The average molecular weight is 445 g/mol. The summed E-state index contributed by atoms with van der Waals surface area (Å²) in [6.07, 6.45) is 1.64. The monoisotopic (exact) mass is 444 g/mol. The van der Waals surface area contributed by atoms with Gasteiger partial charge in [0, 0.05) is 5.39 Å². The van der Waals surface area contributed by atoms with Crippen molar-refractivity contribution in [1.29, 1.82) is 0 Å². The third-order valence-corrected chi connectivity index (χ3v) is 4.34. The van der Waals surface area contributed by atoms with Crippen LogP contribution < -0.4 is 14.9 Å². The lowest BCUT2D eigenvalue weighted by Gasteiger charge is -2.11. The van der Waals surface area contributed by atoms with Gasteiger partial charge in [-0.05, 0) is 84.7 Å². The molecule has 0 atom stereocenters. The predicted molar refractivity (Wildman–Crippen MR) is 112 cm³/mol. The Kier molecular flexibility index (Phi) is 6.36. The maximum absolute atomic E-state index is 12.3. The molecule has 0 aliphatic heterocycles. The van der Waals surface area contributed by atoms with Crippen LogP contribution in [0.15, 0.2) is 56.5 Å². The van der Waals surface area contributed by atoms with Gasteiger partial charge in [-0.2, -0.15) is 5.10 Å². The van der Waals surface area contributed by atoms with E-state index in [0.29, 0.717) is 12.2 Å². The first-order valence-electron chi connectivity index (χ1n) is 8.92. The van der Waals surface area contributed by atoms with Gasteiger partial charge in [-0.3, -0.25) is 4.79 Å². The molecule has 146 valence electrons. The standard InChI is InChI=1S/C21H21BrN2O4/c1-4-26-16-6-8-18-15(10-16)11-20(28-18)21(25)24-23-12-14-5-7-19(17(22)9-14)27-13(2)3/h5-13H,4H2,1-3H3,(H,24,25)/b23-12+. The predicted octanol–water partition coefficient (Wildman–Crippen LogP) is 5.15. The maximum atomic E-state index is 12.3. The largest absolute Gasteiger partial charge is 0.494 e. The summed E-state index contributed by atoms with van der Waals surface area (Å²) in [5.41, 5.74) is 3.90. The smallest absolute Gasteiger partial charge is 0.307 e. The summed E-state index contributed by atoms with van der Waals surface area (Å²) in [6.45, 7) is 6.42. The molecule has 1 aromatic heterocycles. The first-order valence-corrected chi connectivity index (χ1v) is 9.71. The maximum Gasteiger partial charge on any atom is 0.307 e. The number of fused-ring (bicyclic) bond motifs is 1. The second-order valence-electron chi connectivity index (χ2n) is 6.30. The summed E-state index contributed by atoms with van der Waals surface area (Å²) in [4.78, 5) is 12.3. The molecule has 0 saturated heterocycles. The lowest BCUT2D eigenvalue weighted by molar-refractivity contribution is 0.0929. The lowest BCUT2D eigenvalue weighted by Crippen LogP contribution is -2.16.